The number of carbonyl (C=O) groups is 1. The summed E-state index contributed by atoms with van der Waals surface area (Å²) in [5, 5.41) is 23.0. The van der Waals surface area contributed by atoms with Gasteiger partial charge in [-0.2, -0.15) is 0 Å². The van der Waals surface area contributed by atoms with Gasteiger partial charge in [0.1, 0.15) is 0 Å². The van der Waals surface area contributed by atoms with Gasteiger partial charge in [-0.3, -0.25) is 4.79 Å². The Morgan fingerprint density at radius 2 is 0.796 bits per heavy atom. The van der Waals surface area contributed by atoms with E-state index in [0.29, 0.717) is 6.42 Å². The first-order chi connectivity index (χ1) is 24.2. The molecule has 2 unspecified atom stereocenters. The molecule has 1 amide bonds. The molecule has 2 atom stereocenters. The second-order valence-electron chi connectivity index (χ2n) is 15.1. The number of carbonyl (C=O) groups excluding carboxylic acids is 1. The van der Waals surface area contributed by atoms with Gasteiger partial charge in [0, 0.05) is 6.42 Å². The number of aliphatic hydroxyl groups is 2. The standard InChI is InChI=1S/C45H87NO3/c1-3-5-7-9-11-13-15-17-19-21-23-24-26-28-30-32-34-36-38-40-44(48)43(42-47)46-45(49)41-39-37-35-33-31-29-27-25-22-20-18-16-14-12-10-8-6-4-2/h30,32,38,40,43-44,47-48H,3-29,31,33-37,39,41-42H2,1-2H3,(H,46,49)/b32-30+,40-38+. The van der Waals surface area contributed by atoms with Gasteiger partial charge in [0.2, 0.25) is 5.91 Å². The summed E-state index contributed by atoms with van der Waals surface area (Å²) < 4.78 is 0. The second kappa shape index (κ2) is 41.3. The molecular formula is C45H87NO3. The molecule has 0 aliphatic carbocycles. The summed E-state index contributed by atoms with van der Waals surface area (Å²) >= 11 is 0. The fourth-order valence-corrected chi connectivity index (χ4v) is 6.78. The van der Waals surface area contributed by atoms with Crippen LogP contribution in [0.2, 0.25) is 0 Å². The largest absolute Gasteiger partial charge is 0.394 e. The van der Waals surface area contributed by atoms with Crippen LogP contribution in [0.5, 0.6) is 0 Å². The molecule has 3 N–H and O–H groups in total. The Labute approximate surface area is 307 Å². The van der Waals surface area contributed by atoms with Crippen LogP contribution < -0.4 is 5.32 Å². The van der Waals surface area contributed by atoms with Gasteiger partial charge in [-0.15, -0.1) is 0 Å². The number of aliphatic hydroxyl groups excluding tert-OH is 2. The summed E-state index contributed by atoms with van der Waals surface area (Å²) in [6.07, 6.45) is 52.9. The van der Waals surface area contributed by atoms with Crippen molar-refractivity contribution in [3.63, 3.8) is 0 Å². The first-order valence-corrected chi connectivity index (χ1v) is 22.1. The molecule has 0 saturated heterocycles. The van der Waals surface area contributed by atoms with Crippen molar-refractivity contribution in [2.45, 2.75) is 251 Å². The maximum Gasteiger partial charge on any atom is 0.220 e. The van der Waals surface area contributed by atoms with E-state index in [-0.39, 0.29) is 12.5 Å². The Bertz CT molecular complexity index is 705. The van der Waals surface area contributed by atoms with Gasteiger partial charge in [-0.25, -0.2) is 0 Å². The van der Waals surface area contributed by atoms with Crippen molar-refractivity contribution >= 4 is 5.91 Å². The first kappa shape index (κ1) is 47.9. The monoisotopic (exact) mass is 690 g/mol. The lowest BCUT2D eigenvalue weighted by Gasteiger charge is -2.19. The van der Waals surface area contributed by atoms with Crippen LogP contribution in [0.25, 0.3) is 0 Å². The van der Waals surface area contributed by atoms with Gasteiger partial charge in [-0.05, 0) is 32.1 Å². The zero-order valence-corrected chi connectivity index (χ0v) is 33.2. The minimum Gasteiger partial charge on any atom is -0.394 e. The van der Waals surface area contributed by atoms with Crippen LogP contribution in [0.1, 0.15) is 239 Å². The Kier molecular flexibility index (Phi) is 40.3. The zero-order valence-electron chi connectivity index (χ0n) is 33.2. The van der Waals surface area contributed by atoms with Crippen LogP contribution >= 0.6 is 0 Å². The van der Waals surface area contributed by atoms with Crippen molar-refractivity contribution in [2.24, 2.45) is 0 Å². The minimum absolute atomic E-state index is 0.0703. The highest BCUT2D eigenvalue weighted by molar-refractivity contribution is 5.76. The van der Waals surface area contributed by atoms with Gasteiger partial charge in [0.15, 0.2) is 0 Å². The van der Waals surface area contributed by atoms with Gasteiger partial charge < -0.3 is 15.5 Å². The van der Waals surface area contributed by atoms with Gasteiger partial charge in [0.05, 0.1) is 18.8 Å². The quantitative estimate of drug-likeness (QED) is 0.0443. The molecule has 4 heteroatoms. The molecule has 290 valence electrons. The van der Waals surface area contributed by atoms with Crippen molar-refractivity contribution in [3.05, 3.63) is 24.3 Å². The van der Waals surface area contributed by atoms with Crippen LogP contribution in [0.4, 0.5) is 0 Å². The van der Waals surface area contributed by atoms with Crippen LogP contribution in [0, 0.1) is 0 Å². The van der Waals surface area contributed by atoms with E-state index < -0.39 is 12.1 Å². The van der Waals surface area contributed by atoms with E-state index in [4.69, 9.17) is 0 Å². The average Bonchev–Trinajstić information content (AvgIpc) is 3.10. The molecule has 0 aliphatic rings. The summed E-state index contributed by atoms with van der Waals surface area (Å²) in [6, 6.07) is -0.634. The third-order valence-corrected chi connectivity index (χ3v) is 10.2. The fraction of sp³-hybridized carbons (Fsp3) is 0.889. The van der Waals surface area contributed by atoms with E-state index in [2.05, 4.69) is 31.3 Å². The molecule has 0 heterocycles. The molecule has 0 bridgehead atoms. The summed E-state index contributed by atoms with van der Waals surface area (Å²) in [6.45, 7) is 4.31. The molecule has 49 heavy (non-hydrogen) atoms. The van der Waals surface area contributed by atoms with Crippen LogP contribution in [0.15, 0.2) is 24.3 Å². The van der Waals surface area contributed by atoms with E-state index in [9.17, 15) is 15.0 Å². The highest BCUT2D eigenvalue weighted by atomic mass is 16.3. The van der Waals surface area contributed by atoms with Crippen LogP contribution in [-0.2, 0) is 4.79 Å². The van der Waals surface area contributed by atoms with E-state index >= 15 is 0 Å². The van der Waals surface area contributed by atoms with E-state index in [1.165, 1.54) is 186 Å². The molecule has 4 nitrogen and oxygen atoms in total. The minimum atomic E-state index is -0.857. The predicted molar refractivity (Wildman–Crippen MR) is 216 cm³/mol. The van der Waals surface area contributed by atoms with Crippen LogP contribution in [0.3, 0.4) is 0 Å². The van der Waals surface area contributed by atoms with Gasteiger partial charge in [0.25, 0.3) is 0 Å². The number of allylic oxidation sites excluding steroid dienone is 3. The van der Waals surface area contributed by atoms with E-state index in [1.54, 1.807) is 6.08 Å². The second-order valence-corrected chi connectivity index (χ2v) is 15.1. The maximum atomic E-state index is 12.4. The molecule has 0 spiro atoms. The highest BCUT2D eigenvalue weighted by Crippen LogP contribution is 2.16. The van der Waals surface area contributed by atoms with Crippen molar-refractivity contribution < 1.29 is 15.0 Å². The van der Waals surface area contributed by atoms with Crippen molar-refractivity contribution in [1.29, 1.82) is 0 Å². The first-order valence-electron chi connectivity index (χ1n) is 22.1. The number of nitrogens with one attached hydrogen (secondary N) is 1. The van der Waals surface area contributed by atoms with E-state index in [1.807, 2.05) is 6.08 Å². The SMILES string of the molecule is CCCCCCCCCCCCCCC/C=C/CC/C=C/C(O)C(CO)NC(=O)CCCCCCCCCCCCCCCCCCCC. The van der Waals surface area contributed by atoms with Crippen LogP contribution in [-0.4, -0.2) is 34.9 Å². The van der Waals surface area contributed by atoms with Crippen molar-refractivity contribution in [2.75, 3.05) is 6.61 Å². The van der Waals surface area contributed by atoms with Crippen molar-refractivity contribution in [3.8, 4) is 0 Å². The third-order valence-electron chi connectivity index (χ3n) is 10.2. The lowest BCUT2D eigenvalue weighted by molar-refractivity contribution is -0.123. The topological polar surface area (TPSA) is 69.6 Å². The number of amides is 1. The molecule has 0 aromatic rings. The van der Waals surface area contributed by atoms with E-state index in [0.717, 1.165) is 32.1 Å². The lowest BCUT2D eigenvalue weighted by atomic mass is 10.0. The Balaban J connectivity index is 3.58. The Morgan fingerprint density at radius 1 is 0.469 bits per heavy atom. The molecular weight excluding hydrogens is 602 g/mol. The predicted octanol–water partition coefficient (Wildman–Crippen LogP) is 13.6. The molecule has 0 rings (SSSR count). The molecule has 0 saturated carbocycles. The molecule has 0 aliphatic heterocycles. The lowest BCUT2D eigenvalue weighted by Crippen LogP contribution is -2.45. The zero-order chi connectivity index (χ0) is 35.7. The van der Waals surface area contributed by atoms with Gasteiger partial charge >= 0.3 is 0 Å². The summed E-state index contributed by atoms with van der Waals surface area (Å²) in [4.78, 5) is 12.4. The number of hydrogen-bond donors (Lipinski definition) is 3. The Morgan fingerprint density at radius 3 is 1.18 bits per heavy atom. The highest BCUT2D eigenvalue weighted by Gasteiger charge is 2.17. The smallest absolute Gasteiger partial charge is 0.220 e. The summed E-state index contributed by atoms with van der Waals surface area (Å²) in [5.41, 5.74) is 0. The normalized spacial score (nSPS) is 13.1. The third kappa shape index (κ3) is 37.9. The Hall–Kier alpha value is -1.13. The summed E-state index contributed by atoms with van der Waals surface area (Å²) in [7, 11) is 0. The molecule has 0 radical (unpaired) electrons. The van der Waals surface area contributed by atoms with Crippen molar-refractivity contribution in [1.82, 2.24) is 5.32 Å². The average molecular weight is 690 g/mol. The maximum absolute atomic E-state index is 12.4. The van der Waals surface area contributed by atoms with Gasteiger partial charge in [-0.1, -0.05) is 224 Å². The molecule has 0 aromatic carbocycles. The number of unbranched alkanes of at least 4 members (excludes halogenated alkanes) is 31. The fourth-order valence-electron chi connectivity index (χ4n) is 6.78. The molecule has 0 aromatic heterocycles. The number of hydrogen-bond acceptors (Lipinski definition) is 3. The number of rotatable bonds is 40. The molecule has 0 fully saturated rings. The summed E-state index contributed by atoms with van der Waals surface area (Å²) in [5.74, 6) is -0.0703.